The van der Waals surface area contributed by atoms with Crippen molar-refractivity contribution in [2.45, 2.75) is 38.0 Å². The van der Waals surface area contributed by atoms with Gasteiger partial charge in [-0.1, -0.05) is 6.42 Å². The summed E-state index contributed by atoms with van der Waals surface area (Å²) in [5, 5.41) is 6.21. The zero-order valence-corrected chi connectivity index (χ0v) is 9.48. The molecular weight excluding hydrogens is 253 g/mol. The Morgan fingerprint density at radius 1 is 1.39 bits per heavy atom. The fourth-order valence-electron chi connectivity index (χ4n) is 2.01. The van der Waals surface area contributed by atoms with E-state index in [1.54, 1.807) is 5.01 Å². The monoisotopic (exact) mass is 266 g/mol. The molecule has 2 heterocycles. The number of hydrazone groups is 1. The SMILES string of the molecule is NC1=NN2CCCCCC2N1OC(=O)C(F)(F)F. The van der Waals surface area contributed by atoms with E-state index in [1.165, 1.54) is 0 Å². The van der Waals surface area contributed by atoms with Crippen LogP contribution in [0.15, 0.2) is 5.10 Å². The van der Waals surface area contributed by atoms with Crippen LogP contribution in [-0.4, -0.2) is 40.9 Å². The number of alkyl halides is 3. The van der Waals surface area contributed by atoms with Gasteiger partial charge in [-0.05, 0) is 19.3 Å². The van der Waals surface area contributed by atoms with Crippen molar-refractivity contribution in [1.82, 2.24) is 10.1 Å². The molecule has 0 radical (unpaired) electrons. The van der Waals surface area contributed by atoms with E-state index >= 15 is 0 Å². The summed E-state index contributed by atoms with van der Waals surface area (Å²) in [5.41, 5.74) is 5.47. The number of rotatable bonds is 1. The van der Waals surface area contributed by atoms with Gasteiger partial charge >= 0.3 is 12.1 Å². The van der Waals surface area contributed by atoms with Gasteiger partial charge in [-0.15, -0.1) is 10.2 Å². The Morgan fingerprint density at radius 2 is 2.11 bits per heavy atom. The molecule has 0 amide bonds. The number of nitrogens with two attached hydrogens (primary N) is 1. The molecule has 2 aliphatic heterocycles. The second kappa shape index (κ2) is 4.54. The summed E-state index contributed by atoms with van der Waals surface area (Å²) in [5.74, 6) is -2.51. The molecule has 6 nitrogen and oxygen atoms in total. The first kappa shape index (κ1) is 12.8. The lowest BCUT2D eigenvalue weighted by Gasteiger charge is -2.27. The van der Waals surface area contributed by atoms with Gasteiger partial charge in [0.1, 0.15) is 0 Å². The Labute approximate surface area is 101 Å². The van der Waals surface area contributed by atoms with Crippen LogP contribution in [0.3, 0.4) is 0 Å². The molecule has 1 saturated heterocycles. The Kier molecular flexibility index (Phi) is 3.22. The minimum Gasteiger partial charge on any atom is -0.366 e. The van der Waals surface area contributed by atoms with Crippen LogP contribution in [0, 0.1) is 0 Å². The van der Waals surface area contributed by atoms with Gasteiger partial charge in [-0.25, -0.2) is 4.79 Å². The van der Waals surface area contributed by atoms with Crippen LogP contribution in [0.2, 0.25) is 0 Å². The quantitative estimate of drug-likeness (QED) is 0.758. The Bertz CT molecular complexity index is 371. The van der Waals surface area contributed by atoms with E-state index in [0.29, 0.717) is 13.0 Å². The zero-order valence-electron chi connectivity index (χ0n) is 9.48. The highest BCUT2D eigenvalue weighted by atomic mass is 19.4. The molecular formula is C9H13F3N4O2. The smallest absolute Gasteiger partial charge is 0.366 e. The molecule has 0 bridgehead atoms. The molecule has 2 N–H and O–H groups in total. The number of halogens is 3. The molecule has 1 fully saturated rings. The predicted octanol–water partition coefficient (Wildman–Crippen LogP) is 0.754. The molecule has 1 atom stereocenters. The lowest BCUT2D eigenvalue weighted by atomic mass is 10.2. The van der Waals surface area contributed by atoms with E-state index in [2.05, 4.69) is 9.94 Å². The third-order valence-corrected chi connectivity index (χ3v) is 2.83. The van der Waals surface area contributed by atoms with Crippen LogP contribution in [-0.2, 0) is 9.63 Å². The molecule has 0 saturated carbocycles. The Hall–Kier alpha value is -1.67. The van der Waals surface area contributed by atoms with Crippen molar-refractivity contribution in [3.05, 3.63) is 0 Å². The molecule has 0 aromatic carbocycles. The van der Waals surface area contributed by atoms with Gasteiger partial charge in [-0.2, -0.15) is 13.2 Å². The lowest BCUT2D eigenvalue weighted by molar-refractivity contribution is -0.234. The van der Waals surface area contributed by atoms with Crippen molar-refractivity contribution in [1.29, 1.82) is 0 Å². The highest BCUT2D eigenvalue weighted by Gasteiger charge is 2.46. The average Bonchev–Trinajstić information content (AvgIpc) is 2.47. The number of guanidine groups is 1. The third-order valence-electron chi connectivity index (χ3n) is 2.83. The predicted molar refractivity (Wildman–Crippen MR) is 54.6 cm³/mol. The molecule has 0 aromatic rings. The summed E-state index contributed by atoms with van der Waals surface area (Å²) in [6.45, 7) is 0.589. The van der Waals surface area contributed by atoms with Crippen molar-refractivity contribution in [2.24, 2.45) is 10.8 Å². The minimum absolute atomic E-state index is 0.223. The van der Waals surface area contributed by atoms with Gasteiger partial charge in [0, 0.05) is 6.54 Å². The summed E-state index contributed by atoms with van der Waals surface area (Å²) < 4.78 is 36.4. The normalized spacial score (nSPS) is 24.4. The van der Waals surface area contributed by atoms with Crippen LogP contribution in [0.5, 0.6) is 0 Å². The molecule has 18 heavy (non-hydrogen) atoms. The highest BCUT2D eigenvalue weighted by molar-refractivity contribution is 5.82. The van der Waals surface area contributed by atoms with Gasteiger partial charge in [-0.3, -0.25) is 5.01 Å². The van der Waals surface area contributed by atoms with Crippen molar-refractivity contribution < 1.29 is 22.8 Å². The van der Waals surface area contributed by atoms with E-state index in [1.807, 2.05) is 0 Å². The maximum Gasteiger partial charge on any atom is 0.493 e. The van der Waals surface area contributed by atoms with Crippen molar-refractivity contribution in [3.63, 3.8) is 0 Å². The fraction of sp³-hybridized carbons (Fsp3) is 0.778. The maximum atomic E-state index is 12.1. The van der Waals surface area contributed by atoms with E-state index in [-0.39, 0.29) is 5.96 Å². The van der Waals surface area contributed by atoms with Crippen LogP contribution >= 0.6 is 0 Å². The number of nitrogens with zero attached hydrogens (tertiary/aromatic N) is 3. The van der Waals surface area contributed by atoms with Crippen LogP contribution in [0.4, 0.5) is 13.2 Å². The van der Waals surface area contributed by atoms with Gasteiger partial charge in [0.25, 0.3) is 0 Å². The first-order valence-electron chi connectivity index (χ1n) is 5.58. The molecule has 0 spiro atoms. The summed E-state index contributed by atoms with van der Waals surface area (Å²) in [7, 11) is 0. The first-order chi connectivity index (χ1) is 8.39. The van der Waals surface area contributed by atoms with E-state index in [0.717, 1.165) is 24.3 Å². The topological polar surface area (TPSA) is 71.2 Å². The van der Waals surface area contributed by atoms with E-state index < -0.39 is 18.3 Å². The average molecular weight is 266 g/mol. The molecule has 2 rings (SSSR count). The molecule has 0 aromatic heterocycles. The van der Waals surface area contributed by atoms with Gasteiger partial charge in [0.15, 0.2) is 6.17 Å². The number of hydroxylamine groups is 2. The summed E-state index contributed by atoms with van der Waals surface area (Å²) in [6, 6.07) is 0. The number of hydrogen-bond acceptors (Lipinski definition) is 6. The van der Waals surface area contributed by atoms with Crippen LogP contribution in [0.1, 0.15) is 25.7 Å². The number of carbonyl (C=O) groups is 1. The number of hydrogen-bond donors (Lipinski definition) is 1. The van der Waals surface area contributed by atoms with E-state index in [9.17, 15) is 18.0 Å². The number of fused-ring (bicyclic) bond motifs is 1. The maximum absolute atomic E-state index is 12.1. The molecule has 2 aliphatic rings. The first-order valence-corrected chi connectivity index (χ1v) is 5.58. The standard InChI is InChI=1S/C9H13F3N4O2/c10-9(11,12)7(17)18-16-6-4-2-1-3-5-15(6)14-8(16)13/h6H,1-5H2,(H2,13,14). The van der Waals surface area contributed by atoms with Gasteiger partial charge < -0.3 is 10.6 Å². The minimum atomic E-state index is -5.04. The summed E-state index contributed by atoms with van der Waals surface area (Å²) in [4.78, 5) is 15.1. The summed E-state index contributed by atoms with van der Waals surface area (Å²) >= 11 is 0. The second-order valence-electron chi connectivity index (χ2n) is 4.15. The lowest BCUT2D eigenvalue weighted by Crippen LogP contribution is -2.47. The molecule has 102 valence electrons. The molecule has 1 unspecified atom stereocenters. The highest BCUT2D eigenvalue weighted by Crippen LogP contribution is 2.26. The van der Waals surface area contributed by atoms with Crippen molar-refractivity contribution in [3.8, 4) is 0 Å². The van der Waals surface area contributed by atoms with Crippen LogP contribution < -0.4 is 5.73 Å². The largest absolute Gasteiger partial charge is 0.493 e. The second-order valence-corrected chi connectivity index (χ2v) is 4.15. The molecule has 9 heteroatoms. The zero-order chi connectivity index (χ0) is 13.3. The van der Waals surface area contributed by atoms with Crippen molar-refractivity contribution in [2.75, 3.05) is 6.54 Å². The van der Waals surface area contributed by atoms with Crippen LogP contribution in [0.25, 0.3) is 0 Å². The third kappa shape index (κ3) is 2.44. The van der Waals surface area contributed by atoms with Gasteiger partial charge in [0.2, 0.25) is 5.96 Å². The van der Waals surface area contributed by atoms with E-state index in [4.69, 9.17) is 5.73 Å². The number of carbonyl (C=O) groups excluding carboxylic acids is 1. The Morgan fingerprint density at radius 3 is 2.78 bits per heavy atom. The van der Waals surface area contributed by atoms with Crippen molar-refractivity contribution >= 4 is 11.9 Å². The summed E-state index contributed by atoms with van der Waals surface area (Å²) in [6.07, 6.45) is -2.35. The fourth-order valence-corrected chi connectivity index (χ4v) is 2.01. The van der Waals surface area contributed by atoms with Gasteiger partial charge in [0.05, 0.1) is 0 Å². The molecule has 0 aliphatic carbocycles. The Balaban J connectivity index is 2.08.